The summed E-state index contributed by atoms with van der Waals surface area (Å²) in [6.45, 7) is 1.50. The van der Waals surface area contributed by atoms with Gasteiger partial charge in [0.2, 0.25) is 5.91 Å². The van der Waals surface area contributed by atoms with Crippen molar-refractivity contribution in [3.05, 3.63) is 71.4 Å². The van der Waals surface area contributed by atoms with E-state index in [9.17, 15) is 9.59 Å². The smallest absolute Gasteiger partial charge is 0.230 e. The van der Waals surface area contributed by atoms with Crippen LogP contribution in [-0.4, -0.2) is 28.2 Å². The normalized spacial score (nSPS) is 10.8. The zero-order valence-electron chi connectivity index (χ0n) is 16.0. The third-order valence-corrected chi connectivity index (χ3v) is 5.45. The Balaban J connectivity index is 1.52. The molecular weight excluding hydrogens is 386 g/mol. The molecule has 0 aliphatic rings. The highest BCUT2D eigenvalue weighted by atomic mass is 32.1. The molecule has 4 rings (SSSR count). The summed E-state index contributed by atoms with van der Waals surface area (Å²) in [4.78, 5) is 29.5. The maximum absolute atomic E-state index is 12.5. The number of nitrogens with one attached hydrogen (secondary N) is 1. The molecule has 29 heavy (non-hydrogen) atoms. The Bertz CT molecular complexity index is 1190. The second-order valence-corrected chi connectivity index (χ2v) is 7.43. The summed E-state index contributed by atoms with van der Waals surface area (Å²) in [5, 5.41) is 4.79. The molecule has 0 saturated carbocycles. The molecule has 0 bridgehead atoms. The number of hydrogen-bond acceptors (Lipinski definition) is 5. The molecule has 7 heteroatoms. The molecule has 0 unspecified atom stereocenters. The largest absolute Gasteiger partial charge is 0.497 e. The molecule has 0 aliphatic carbocycles. The number of anilines is 1. The van der Waals surface area contributed by atoms with Crippen LogP contribution in [0.4, 0.5) is 5.69 Å². The fourth-order valence-corrected chi connectivity index (χ4v) is 3.92. The van der Waals surface area contributed by atoms with E-state index >= 15 is 0 Å². The molecule has 0 aliphatic heterocycles. The van der Waals surface area contributed by atoms with Gasteiger partial charge in [-0.05, 0) is 43.3 Å². The van der Waals surface area contributed by atoms with Crippen LogP contribution >= 0.6 is 11.3 Å². The maximum atomic E-state index is 12.5. The predicted octanol–water partition coefficient (Wildman–Crippen LogP) is 4.46. The molecule has 146 valence electrons. The van der Waals surface area contributed by atoms with E-state index < -0.39 is 0 Å². The lowest BCUT2D eigenvalue weighted by Crippen LogP contribution is -2.15. The number of carbonyl (C=O) groups is 2. The number of imidazole rings is 1. The number of rotatable bonds is 6. The van der Waals surface area contributed by atoms with Crippen molar-refractivity contribution in [2.24, 2.45) is 0 Å². The van der Waals surface area contributed by atoms with Crippen molar-refractivity contribution in [1.29, 1.82) is 0 Å². The van der Waals surface area contributed by atoms with Gasteiger partial charge in [-0.15, -0.1) is 11.3 Å². The summed E-state index contributed by atoms with van der Waals surface area (Å²) in [5.41, 5.74) is 3.86. The number of Topliss-reactive ketones (excluding diaryl/α,β-unsaturated/α-hetero) is 1. The summed E-state index contributed by atoms with van der Waals surface area (Å²) in [6, 6.07) is 14.6. The minimum absolute atomic E-state index is 0.0369. The maximum Gasteiger partial charge on any atom is 0.230 e. The van der Waals surface area contributed by atoms with Crippen LogP contribution < -0.4 is 10.1 Å². The first kappa shape index (κ1) is 18.9. The topological polar surface area (TPSA) is 72.7 Å². The highest BCUT2D eigenvalue weighted by molar-refractivity contribution is 7.15. The molecule has 2 aromatic carbocycles. The van der Waals surface area contributed by atoms with Crippen molar-refractivity contribution in [3.63, 3.8) is 0 Å². The number of ketones is 1. The van der Waals surface area contributed by atoms with E-state index in [1.165, 1.54) is 18.3 Å². The molecule has 1 N–H and O–H groups in total. The van der Waals surface area contributed by atoms with Crippen LogP contribution in [0.3, 0.4) is 0 Å². The van der Waals surface area contributed by atoms with Crippen LogP contribution in [0.5, 0.6) is 5.75 Å². The predicted molar refractivity (Wildman–Crippen MR) is 114 cm³/mol. The van der Waals surface area contributed by atoms with Crippen LogP contribution in [-0.2, 0) is 11.2 Å². The number of carbonyl (C=O) groups excluding carboxylic acids is 2. The highest BCUT2D eigenvalue weighted by Crippen LogP contribution is 2.25. The summed E-state index contributed by atoms with van der Waals surface area (Å²) < 4.78 is 7.13. The van der Waals surface area contributed by atoms with Gasteiger partial charge in [0.05, 0.1) is 19.2 Å². The summed E-state index contributed by atoms with van der Waals surface area (Å²) in [7, 11) is 1.63. The Morgan fingerprint density at radius 1 is 1.17 bits per heavy atom. The van der Waals surface area contributed by atoms with E-state index in [0.29, 0.717) is 11.3 Å². The number of ether oxygens (including phenoxy) is 1. The average molecular weight is 405 g/mol. The Morgan fingerprint density at radius 3 is 2.69 bits per heavy atom. The van der Waals surface area contributed by atoms with Crippen molar-refractivity contribution in [1.82, 2.24) is 9.38 Å². The third-order valence-electron chi connectivity index (χ3n) is 4.56. The first-order valence-corrected chi connectivity index (χ1v) is 9.92. The van der Waals surface area contributed by atoms with Gasteiger partial charge in [0, 0.05) is 34.1 Å². The molecule has 0 saturated heterocycles. The first-order chi connectivity index (χ1) is 14.0. The summed E-state index contributed by atoms with van der Waals surface area (Å²) in [5.74, 6) is 0.608. The third kappa shape index (κ3) is 4.05. The number of methoxy groups -OCH3 is 1. The van der Waals surface area contributed by atoms with Gasteiger partial charge in [0.15, 0.2) is 10.7 Å². The van der Waals surface area contributed by atoms with Crippen LogP contribution in [0.1, 0.15) is 23.0 Å². The quantitative estimate of drug-likeness (QED) is 0.481. The number of benzene rings is 2. The standard InChI is InChI=1S/C22H19N3O3S/c1-14(26)16-4-3-5-17(10-16)23-21(27)11-18-13-29-22-24-20(12-25(18)22)15-6-8-19(28-2)9-7-15/h3-10,12-13H,11H2,1-2H3,(H,23,27). The number of nitrogens with zero attached hydrogens (tertiary/aromatic N) is 2. The fraction of sp³-hybridized carbons (Fsp3) is 0.136. The number of thiazole rings is 1. The van der Waals surface area contributed by atoms with Crippen LogP contribution in [0.15, 0.2) is 60.1 Å². The van der Waals surface area contributed by atoms with Crippen molar-refractivity contribution in [3.8, 4) is 17.0 Å². The van der Waals surface area contributed by atoms with Gasteiger partial charge in [-0.25, -0.2) is 4.98 Å². The van der Waals surface area contributed by atoms with E-state index in [2.05, 4.69) is 10.3 Å². The molecule has 6 nitrogen and oxygen atoms in total. The van der Waals surface area contributed by atoms with Gasteiger partial charge in [0.1, 0.15) is 5.75 Å². The van der Waals surface area contributed by atoms with Crippen LogP contribution in [0.2, 0.25) is 0 Å². The van der Waals surface area contributed by atoms with Gasteiger partial charge >= 0.3 is 0 Å². The van der Waals surface area contributed by atoms with Crippen molar-refractivity contribution in [2.75, 3.05) is 12.4 Å². The molecule has 0 radical (unpaired) electrons. The highest BCUT2D eigenvalue weighted by Gasteiger charge is 2.13. The van der Waals surface area contributed by atoms with Crippen molar-refractivity contribution < 1.29 is 14.3 Å². The van der Waals surface area contributed by atoms with E-state index in [-0.39, 0.29) is 18.1 Å². The average Bonchev–Trinajstić information content (AvgIpc) is 3.30. The number of hydrogen-bond donors (Lipinski definition) is 1. The summed E-state index contributed by atoms with van der Waals surface area (Å²) >= 11 is 1.49. The zero-order chi connectivity index (χ0) is 20.4. The lowest BCUT2D eigenvalue weighted by molar-refractivity contribution is -0.115. The van der Waals surface area contributed by atoms with E-state index in [4.69, 9.17) is 4.74 Å². The van der Waals surface area contributed by atoms with Gasteiger partial charge in [-0.3, -0.25) is 14.0 Å². The molecular formula is C22H19N3O3S. The minimum atomic E-state index is -0.148. The van der Waals surface area contributed by atoms with Gasteiger partial charge < -0.3 is 10.1 Å². The lowest BCUT2D eigenvalue weighted by Gasteiger charge is -2.06. The Morgan fingerprint density at radius 2 is 1.97 bits per heavy atom. The number of fused-ring (bicyclic) bond motifs is 1. The Hall–Kier alpha value is -3.45. The van der Waals surface area contributed by atoms with Crippen LogP contribution in [0, 0.1) is 0 Å². The fourth-order valence-electron chi connectivity index (χ4n) is 3.04. The van der Waals surface area contributed by atoms with E-state index in [1.54, 1.807) is 31.4 Å². The molecule has 1 amide bonds. The molecule has 0 spiro atoms. The first-order valence-electron chi connectivity index (χ1n) is 9.04. The molecule has 2 heterocycles. The lowest BCUT2D eigenvalue weighted by atomic mass is 10.1. The molecule has 4 aromatic rings. The van der Waals surface area contributed by atoms with Crippen molar-refractivity contribution >= 4 is 33.7 Å². The number of aromatic nitrogens is 2. The van der Waals surface area contributed by atoms with Gasteiger partial charge in [0.25, 0.3) is 0 Å². The molecule has 0 fully saturated rings. The Labute approximate surface area is 171 Å². The minimum Gasteiger partial charge on any atom is -0.497 e. The second kappa shape index (κ2) is 7.89. The molecule has 0 atom stereocenters. The summed E-state index contributed by atoms with van der Waals surface area (Å²) in [6.07, 6.45) is 2.15. The van der Waals surface area contributed by atoms with Gasteiger partial charge in [-0.1, -0.05) is 12.1 Å². The van der Waals surface area contributed by atoms with Crippen molar-refractivity contribution in [2.45, 2.75) is 13.3 Å². The van der Waals surface area contributed by atoms with Crippen LogP contribution in [0.25, 0.3) is 16.2 Å². The Kier molecular flexibility index (Phi) is 5.14. The second-order valence-electron chi connectivity index (χ2n) is 6.60. The van der Waals surface area contributed by atoms with Gasteiger partial charge in [-0.2, -0.15) is 0 Å². The zero-order valence-corrected chi connectivity index (χ0v) is 16.8. The van der Waals surface area contributed by atoms with E-state index in [0.717, 1.165) is 27.7 Å². The monoisotopic (exact) mass is 405 g/mol. The molecule has 2 aromatic heterocycles. The SMILES string of the molecule is COc1ccc(-c2cn3c(CC(=O)Nc4cccc(C(C)=O)c4)csc3n2)cc1. The number of amides is 1. The van der Waals surface area contributed by atoms with E-state index in [1.807, 2.05) is 40.2 Å².